The van der Waals surface area contributed by atoms with Crippen LogP contribution in [0.4, 0.5) is 9.18 Å². The molecule has 1 aliphatic heterocycles. The van der Waals surface area contributed by atoms with Crippen molar-refractivity contribution in [3.63, 3.8) is 0 Å². The minimum atomic E-state index is -1.41. The number of benzene rings is 1. The van der Waals surface area contributed by atoms with Gasteiger partial charge in [-0.15, -0.1) is 0 Å². The van der Waals surface area contributed by atoms with Gasteiger partial charge in [-0.2, -0.15) is 0 Å². The Labute approximate surface area is 116 Å². The molecular weight excluding hydrogens is 265 g/mol. The number of ether oxygens (including phenoxy) is 2. The second-order valence-electron chi connectivity index (χ2n) is 4.66. The molecule has 1 aromatic carbocycles. The Morgan fingerprint density at radius 3 is 2.75 bits per heavy atom. The predicted octanol–water partition coefficient (Wildman–Crippen LogP) is 1.35. The third kappa shape index (κ3) is 3.08. The van der Waals surface area contributed by atoms with Crippen molar-refractivity contribution in [3.8, 4) is 0 Å². The SMILES string of the molecule is CO[C@H]1CN(C(=O)OCc2ccccc2)[C@@H](CO)[C@@H]1F. The maximum atomic E-state index is 13.9. The van der Waals surface area contributed by atoms with Crippen LogP contribution in [0.2, 0.25) is 0 Å². The summed E-state index contributed by atoms with van der Waals surface area (Å²) in [5.74, 6) is 0. The topological polar surface area (TPSA) is 59.0 Å². The highest BCUT2D eigenvalue weighted by molar-refractivity contribution is 5.68. The molecule has 2 rings (SSSR count). The molecule has 1 saturated heterocycles. The number of amides is 1. The molecule has 1 heterocycles. The minimum Gasteiger partial charge on any atom is -0.445 e. The summed E-state index contributed by atoms with van der Waals surface area (Å²) in [5, 5.41) is 9.21. The third-order valence-corrected chi connectivity index (χ3v) is 3.43. The molecule has 0 saturated carbocycles. The van der Waals surface area contributed by atoms with Gasteiger partial charge < -0.3 is 14.6 Å². The molecule has 1 fully saturated rings. The lowest BCUT2D eigenvalue weighted by Gasteiger charge is -2.22. The maximum Gasteiger partial charge on any atom is 0.410 e. The van der Waals surface area contributed by atoms with Crippen LogP contribution in [0, 0.1) is 0 Å². The van der Waals surface area contributed by atoms with Crippen LogP contribution < -0.4 is 0 Å². The van der Waals surface area contributed by atoms with Crippen LogP contribution >= 0.6 is 0 Å². The monoisotopic (exact) mass is 283 g/mol. The first-order valence-electron chi connectivity index (χ1n) is 6.42. The van der Waals surface area contributed by atoms with Crippen LogP contribution in [0.1, 0.15) is 5.56 Å². The zero-order chi connectivity index (χ0) is 14.5. The Kier molecular flexibility index (Phi) is 4.92. The van der Waals surface area contributed by atoms with E-state index in [4.69, 9.17) is 9.47 Å². The molecule has 1 aromatic rings. The predicted molar refractivity (Wildman–Crippen MR) is 69.9 cm³/mol. The van der Waals surface area contributed by atoms with E-state index in [9.17, 15) is 14.3 Å². The van der Waals surface area contributed by atoms with E-state index in [1.54, 1.807) is 0 Å². The first-order valence-corrected chi connectivity index (χ1v) is 6.42. The fraction of sp³-hybridized carbons (Fsp3) is 0.500. The van der Waals surface area contributed by atoms with Crippen molar-refractivity contribution in [3.05, 3.63) is 35.9 Å². The first kappa shape index (κ1) is 14.7. The lowest BCUT2D eigenvalue weighted by Crippen LogP contribution is -2.41. The van der Waals surface area contributed by atoms with E-state index in [1.165, 1.54) is 12.0 Å². The number of halogens is 1. The highest BCUT2D eigenvalue weighted by atomic mass is 19.1. The van der Waals surface area contributed by atoms with Gasteiger partial charge in [0, 0.05) is 7.11 Å². The van der Waals surface area contributed by atoms with Crippen LogP contribution in [0.3, 0.4) is 0 Å². The molecule has 1 N–H and O–H groups in total. The molecule has 0 aliphatic carbocycles. The smallest absolute Gasteiger partial charge is 0.410 e. The average Bonchev–Trinajstić information content (AvgIpc) is 2.82. The van der Waals surface area contributed by atoms with Gasteiger partial charge in [0.2, 0.25) is 0 Å². The molecule has 20 heavy (non-hydrogen) atoms. The normalized spacial score (nSPS) is 25.8. The number of carbonyl (C=O) groups excluding carboxylic acids is 1. The molecule has 0 spiro atoms. The van der Waals surface area contributed by atoms with Crippen LogP contribution in [-0.2, 0) is 16.1 Å². The molecule has 5 nitrogen and oxygen atoms in total. The van der Waals surface area contributed by atoms with Crippen LogP contribution in [0.5, 0.6) is 0 Å². The Morgan fingerprint density at radius 2 is 2.15 bits per heavy atom. The van der Waals surface area contributed by atoms with Gasteiger partial charge in [-0.25, -0.2) is 9.18 Å². The highest BCUT2D eigenvalue weighted by Crippen LogP contribution is 2.24. The lowest BCUT2D eigenvalue weighted by molar-refractivity contribution is 0.0474. The Balaban J connectivity index is 1.95. The zero-order valence-corrected chi connectivity index (χ0v) is 11.2. The first-order chi connectivity index (χ1) is 9.67. The van der Waals surface area contributed by atoms with Crippen LogP contribution in [0.25, 0.3) is 0 Å². The number of rotatable bonds is 4. The van der Waals surface area contributed by atoms with Gasteiger partial charge in [0.15, 0.2) is 6.17 Å². The van der Waals surface area contributed by atoms with Crippen molar-refractivity contribution >= 4 is 6.09 Å². The van der Waals surface area contributed by atoms with Gasteiger partial charge >= 0.3 is 6.09 Å². The Bertz CT molecular complexity index is 442. The molecule has 0 radical (unpaired) electrons. The number of alkyl halides is 1. The maximum absolute atomic E-state index is 13.9. The third-order valence-electron chi connectivity index (χ3n) is 3.43. The van der Waals surface area contributed by atoms with E-state index >= 15 is 0 Å². The molecule has 0 bridgehead atoms. The average molecular weight is 283 g/mol. The summed E-state index contributed by atoms with van der Waals surface area (Å²) in [7, 11) is 1.38. The van der Waals surface area contributed by atoms with Gasteiger partial charge in [0.05, 0.1) is 19.2 Å². The Morgan fingerprint density at radius 1 is 1.45 bits per heavy atom. The van der Waals surface area contributed by atoms with Gasteiger partial charge in [-0.05, 0) is 5.56 Å². The fourth-order valence-electron chi connectivity index (χ4n) is 2.27. The number of aliphatic hydroxyl groups excluding tert-OH is 1. The van der Waals surface area contributed by atoms with Crippen molar-refractivity contribution in [1.29, 1.82) is 0 Å². The van der Waals surface area contributed by atoms with Gasteiger partial charge in [-0.1, -0.05) is 30.3 Å². The number of methoxy groups -OCH3 is 1. The summed E-state index contributed by atoms with van der Waals surface area (Å²) in [6, 6.07) is 8.29. The van der Waals surface area contributed by atoms with E-state index in [0.29, 0.717) is 0 Å². The standard InChI is InChI=1S/C14H18FNO4/c1-19-12-7-16(11(8-17)13(12)15)14(18)20-9-10-5-3-2-4-6-10/h2-6,11-13,17H,7-9H2,1H3/t11-,12-,13-/m0/s1. The number of nitrogens with zero attached hydrogens (tertiary/aromatic N) is 1. The largest absolute Gasteiger partial charge is 0.445 e. The van der Waals surface area contributed by atoms with E-state index in [-0.39, 0.29) is 13.2 Å². The molecule has 1 amide bonds. The number of likely N-dealkylation sites (tertiary alicyclic amines) is 1. The van der Waals surface area contributed by atoms with Crippen molar-refractivity contribution in [1.82, 2.24) is 4.90 Å². The van der Waals surface area contributed by atoms with E-state index in [0.717, 1.165) is 5.56 Å². The minimum absolute atomic E-state index is 0.0799. The van der Waals surface area contributed by atoms with Crippen molar-refractivity contribution in [2.45, 2.75) is 24.9 Å². The summed E-state index contributed by atoms with van der Waals surface area (Å²) in [6.45, 7) is -0.263. The number of hydrogen-bond donors (Lipinski definition) is 1. The van der Waals surface area contributed by atoms with Gasteiger partial charge in [0.1, 0.15) is 12.7 Å². The van der Waals surface area contributed by atoms with Crippen LogP contribution in [0.15, 0.2) is 30.3 Å². The highest BCUT2D eigenvalue weighted by Gasteiger charge is 2.45. The Hall–Kier alpha value is -1.66. The molecular formula is C14H18FNO4. The number of carbonyl (C=O) groups is 1. The van der Waals surface area contributed by atoms with Gasteiger partial charge in [-0.3, -0.25) is 4.90 Å². The van der Waals surface area contributed by atoms with Crippen molar-refractivity contribution in [2.24, 2.45) is 0 Å². The van der Waals surface area contributed by atoms with Crippen molar-refractivity contribution in [2.75, 3.05) is 20.3 Å². The molecule has 110 valence electrons. The summed E-state index contributed by atoms with van der Waals surface area (Å²) < 4.78 is 24.0. The molecule has 3 atom stereocenters. The summed E-state index contributed by atoms with van der Waals surface area (Å²) in [6.07, 6.45) is -2.78. The number of aliphatic hydroxyl groups is 1. The lowest BCUT2D eigenvalue weighted by atomic mass is 10.2. The van der Waals surface area contributed by atoms with E-state index in [1.807, 2.05) is 30.3 Å². The quantitative estimate of drug-likeness (QED) is 0.906. The van der Waals surface area contributed by atoms with Crippen LogP contribution in [-0.4, -0.2) is 54.7 Å². The molecule has 0 unspecified atom stereocenters. The second kappa shape index (κ2) is 6.67. The summed E-state index contributed by atoms with van der Waals surface area (Å²) in [4.78, 5) is 13.1. The van der Waals surface area contributed by atoms with E-state index < -0.39 is 31.0 Å². The second-order valence-corrected chi connectivity index (χ2v) is 4.66. The molecule has 0 aromatic heterocycles. The van der Waals surface area contributed by atoms with Crippen molar-refractivity contribution < 1.29 is 23.8 Å². The molecule has 1 aliphatic rings. The molecule has 6 heteroatoms. The fourth-order valence-corrected chi connectivity index (χ4v) is 2.27. The summed E-state index contributed by atoms with van der Waals surface area (Å²) in [5.41, 5.74) is 0.848. The number of hydrogen-bond acceptors (Lipinski definition) is 4. The van der Waals surface area contributed by atoms with Gasteiger partial charge in [0.25, 0.3) is 0 Å². The summed E-state index contributed by atoms with van der Waals surface area (Å²) >= 11 is 0. The van der Waals surface area contributed by atoms with E-state index in [2.05, 4.69) is 0 Å². The zero-order valence-electron chi connectivity index (χ0n) is 11.2.